The van der Waals surface area contributed by atoms with Gasteiger partial charge < -0.3 is 5.32 Å². The fraction of sp³-hybridized carbons (Fsp3) is 0.235. The molecule has 3 heteroatoms. The second-order valence-corrected chi connectivity index (χ2v) is 5.26. The van der Waals surface area contributed by atoms with Gasteiger partial charge in [-0.1, -0.05) is 42.5 Å². The van der Waals surface area contributed by atoms with Crippen LogP contribution in [-0.2, 0) is 16.8 Å². The van der Waals surface area contributed by atoms with Gasteiger partial charge in [0.25, 0.3) is 0 Å². The zero-order valence-corrected chi connectivity index (χ0v) is 11.1. The van der Waals surface area contributed by atoms with Gasteiger partial charge in [0.2, 0.25) is 5.91 Å². The highest BCUT2D eigenvalue weighted by atomic mass is 19.1. The average molecular weight is 269 g/mol. The summed E-state index contributed by atoms with van der Waals surface area (Å²) < 4.78 is 12.8. The highest BCUT2D eigenvalue weighted by Crippen LogP contribution is 2.48. The van der Waals surface area contributed by atoms with Crippen LogP contribution in [0.5, 0.6) is 0 Å². The van der Waals surface area contributed by atoms with Crippen LogP contribution in [0.1, 0.15) is 24.0 Å². The van der Waals surface area contributed by atoms with E-state index in [2.05, 4.69) is 5.32 Å². The Labute approximate surface area is 117 Å². The van der Waals surface area contributed by atoms with Crippen molar-refractivity contribution in [3.8, 4) is 0 Å². The number of nitrogens with one attached hydrogen (secondary N) is 1. The minimum absolute atomic E-state index is 0.0630. The molecule has 1 aliphatic carbocycles. The predicted molar refractivity (Wildman–Crippen MR) is 75.6 cm³/mol. The second kappa shape index (κ2) is 5.08. The minimum atomic E-state index is -0.346. The third kappa shape index (κ3) is 2.44. The van der Waals surface area contributed by atoms with Gasteiger partial charge in [-0.2, -0.15) is 0 Å². The number of hydrogen-bond donors (Lipinski definition) is 1. The van der Waals surface area contributed by atoms with Crippen LogP contribution in [0.4, 0.5) is 4.39 Å². The number of amides is 1. The van der Waals surface area contributed by atoms with E-state index in [9.17, 15) is 9.18 Å². The maximum atomic E-state index is 12.8. The Balaban J connectivity index is 1.67. The average Bonchev–Trinajstić information content (AvgIpc) is 3.29. The van der Waals surface area contributed by atoms with Crippen LogP contribution in [0.3, 0.4) is 0 Å². The number of carbonyl (C=O) groups is 1. The first kappa shape index (κ1) is 12.9. The molecule has 1 aliphatic rings. The Morgan fingerprint density at radius 3 is 2.30 bits per heavy atom. The molecule has 0 unspecified atom stereocenters. The fourth-order valence-corrected chi connectivity index (χ4v) is 2.48. The van der Waals surface area contributed by atoms with E-state index < -0.39 is 0 Å². The molecule has 1 fully saturated rings. The lowest BCUT2D eigenvalue weighted by atomic mass is 9.95. The first-order valence-electron chi connectivity index (χ1n) is 6.79. The molecule has 0 aliphatic heterocycles. The molecule has 3 rings (SSSR count). The molecule has 1 saturated carbocycles. The van der Waals surface area contributed by atoms with Crippen molar-refractivity contribution in [3.63, 3.8) is 0 Å². The van der Waals surface area contributed by atoms with Crippen molar-refractivity contribution in [1.29, 1.82) is 0 Å². The molecule has 2 aromatic rings. The lowest BCUT2D eigenvalue weighted by Crippen LogP contribution is -2.34. The largest absolute Gasteiger partial charge is 0.351 e. The molecule has 0 atom stereocenters. The maximum Gasteiger partial charge on any atom is 0.230 e. The standard InChI is InChI=1S/C17H16FNO/c18-15-8-6-13(7-9-15)12-19-16(20)17(10-11-17)14-4-2-1-3-5-14/h1-9H,10-12H2,(H,19,20). The number of carbonyl (C=O) groups excluding carboxylic acids is 1. The molecular weight excluding hydrogens is 253 g/mol. The summed E-state index contributed by atoms with van der Waals surface area (Å²) in [7, 11) is 0. The molecule has 20 heavy (non-hydrogen) atoms. The summed E-state index contributed by atoms with van der Waals surface area (Å²) >= 11 is 0. The van der Waals surface area contributed by atoms with Crippen LogP contribution in [0.25, 0.3) is 0 Å². The molecule has 0 spiro atoms. The lowest BCUT2D eigenvalue weighted by Gasteiger charge is -2.15. The minimum Gasteiger partial charge on any atom is -0.351 e. The fourth-order valence-electron chi connectivity index (χ4n) is 2.48. The molecule has 0 radical (unpaired) electrons. The number of hydrogen-bond acceptors (Lipinski definition) is 1. The molecule has 0 aromatic heterocycles. The summed E-state index contributed by atoms with van der Waals surface area (Å²) in [6.07, 6.45) is 1.79. The Morgan fingerprint density at radius 1 is 1.05 bits per heavy atom. The zero-order chi connectivity index (χ0) is 14.0. The molecule has 2 nitrogen and oxygen atoms in total. The molecule has 0 bridgehead atoms. The first-order valence-corrected chi connectivity index (χ1v) is 6.79. The van der Waals surface area contributed by atoms with Crippen LogP contribution >= 0.6 is 0 Å². The summed E-state index contributed by atoms with van der Waals surface area (Å²) in [6, 6.07) is 16.1. The topological polar surface area (TPSA) is 29.1 Å². The van der Waals surface area contributed by atoms with Gasteiger partial charge >= 0.3 is 0 Å². The van der Waals surface area contributed by atoms with Gasteiger partial charge in [0, 0.05) is 6.54 Å². The highest BCUT2D eigenvalue weighted by molar-refractivity contribution is 5.91. The van der Waals surface area contributed by atoms with E-state index >= 15 is 0 Å². The Kier molecular flexibility index (Phi) is 3.26. The molecule has 2 aromatic carbocycles. The van der Waals surface area contributed by atoms with E-state index in [1.54, 1.807) is 12.1 Å². The van der Waals surface area contributed by atoms with Crippen LogP contribution < -0.4 is 5.32 Å². The number of benzene rings is 2. The summed E-state index contributed by atoms with van der Waals surface area (Å²) in [6.45, 7) is 0.438. The van der Waals surface area contributed by atoms with Crippen molar-refractivity contribution in [2.75, 3.05) is 0 Å². The van der Waals surface area contributed by atoms with E-state index in [0.29, 0.717) is 6.54 Å². The van der Waals surface area contributed by atoms with Gasteiger partial charge in [0.15, 0.2) is 0 Å². The summed E-state index contributed by atoms with van der Waals surface area (Å²) in [5, 5.41) is 2.96. The van der Waals surface area contributed by atoms with Crippen molar-refractivity contribution in [2.45, 2.75) is 24.8 Å². The van der Waals surface area contributed by atoms with Crippen LogP contribution in [0, 0.1) is 5.82 Å². The van der Waals surface area contributed by atoms with Gasteiger partial charge in [-0.15, -0.1) is 0 Å². The van der Waals surface area contributed by atoms with Gasteiger partial charge in [0.05, 0.1) is 5.41 Å². The van der Waals surface area contributed by atoms with Crippen molar-refractivity contribution in [3.05, 3.63) is 71.5 Å². The van der Waals surface area contributed by atoms with Crippen LogP contribution in [0.2, 0.25) is 0 Å². The monoisotopic (exact) mass is 269 g/mol. The normalized spacial score (nSPS) is 15.7. The van der Waals surface area contributed by atoms with Crippen LogP contribution in [-0.4, -0.2) is 5.91 Å². The Morgan fingerprint density at radius 2 is 1.70 bits per heavy atom. The van der Waals surface area contributed by atoms with Gasteiger partial charge in [-0.05, 0) is 36.1 Å². The molecule has 0 saturated heterocycles. The highest BCUT2D eigenvalue weighted by Gasteiger charge is 2.50. The van der Waals surface area contributed by atoms with Gasteiger partial charge in [-0.3, -0.25) is 4.79 Å². The van der Waals surface area contributed by atoms with Crippen LogP contribution in [0.15, 0.2) is 54.6 Å². The smallest absolute Gasteiger partial charge is 0.230 e. The molecule has 102 valence electrons. The summed E-state index contributed by atoms with van der Waals surface area (Å²) in [4.78, 5) is 12.4. The SMILES string of the molecule is O=C(NCc1ccc(F)cc1)C1(c2ccccc2)CC1. The van der Waals surface area contributed by atoms with Crippen molar-refractivity contribution >= 4 is 5.91 Å². The predicted octanol–water partition coefficient (Wildman–Crippen LogP) is 3.17. The molecule has 0 heterocycles. The Hall–Kier alpha value is -2.16. The van der Waals surface area contributed by atoms with E-state index in [1.165, 1.54) is 12.1 Å². The second-order valence-electron chi connectivity index (χ2n) is 5.26. The van der Waals surface area contributed by atoms with E-state index in [1.807, 2.05) is 30.3 Å². The van der Waals surface area contributed by atoms with E-state index in [4.69, 9.17) is 0 Å². The third-order valence-electron chi connectivity index (χ3n) is 3.88. The zero-order valence-electron chi connectivity index (χ0n) is 11.1. The number of rotatable bonds is 4. The lowest BCUT2D eigenvalue weighted by molar-refractivity contribution is -0.123. The van der Waals surface area contributed by atoms with Crippen molar-refractivity contribution < 1.29 is 9.18 Å². The number of halogens is 1. The summed E-state index contributed by atoms with van der Waals surface area (Å²) in [5.74, 6) is -0.198. The molecule has 1 N–H and O–H groups in total. The van der Waals surface area contributed by atoms with Gasteiger partial charge in [-0.25, -0.2) is 4.39 Å². The molecule has 1 amide bonds. The van der Waals surface area contributed by atoms with Gasteiger partial charge in [0.1, 0.15) is 5.82 Å². The summed E-state index contributed by atoms with van der Waals surface area (Å²) in [5.41, 5.74) is 1.64. The quantitative estimate of drug-likeness (QED) is 0.907. The van der Waals surface area contributed by atoms with E-state index in [-0.39, 0.29) is 17.1 Å². The Bertz CT molecular complexity index is 603. The first-order chi connectivity index (χ1) is 9.71. The van der Waals surface area contributed by atoms with Crippen molar-refractivity contribution in [1.82, 2.24) is 5.32 Å². The maximum absolute atomic E-state index is 12.8. The van der Waals surface area contributed by atoms with Crippen molar-refractivity contribution in [2.24, 2.45) is 0 Å². The van der Waals surface area contributed by atoms with E-state index in [0.717, 1.165) is 24.0 Å². The third-order valence-corrected chi connectivity index (χ3v) is 3.88. The molecular formula is C17H16FNO.